The van der Waals surface area contributed by atoms with Gasteiger partial charge in [0.1, 0.15) is 0 Å². The number of quaternary nitrogens is 1. The fraction of sp³-hybridized carbons (Fsp3) is 0. The zero-order valence-electron chi connectivity index (χ0n) is 4.20. The second kappa shape index (κ2) is 2.66. The Kier molecular flexibility index (Phi) is 1.85. The van der Waals surface area contributed by atoms with E-state index in [4.69, 9.17) is 10.7 Å². The first-order valence-electron chi connectivity index (χ1n) is 2.17. The molecule has 0 aromatic carbocycles. The van der Waals surface area contributed by atoms with Crippen LogP contribution in [0.5, 0.6) is 5.06 Å². The summed E-state index contributed by atoms with van der Waals surface area (Å²) in [6.45, 7) is 0. The Morgan fingerprint density at radius 1 is 1.75 bits per heavy atom. The van der Waals surface area contributed by atoms with Crippen LogP contribution in [0.1, 0.15) is 0 Å². The maximum absolute atomic E-state index is 4.98. The van der Waals surface area contributed by atoms with Crippen LogP contribution in [0.25, 0.3) is 0 Å². The molecule has 4 heteroatoms. The van der Waals surface area contributed by atoms with E-state index in [-0.39, 0.29) is 0 Å². The average Bonchev–Trinajstić information content (AvgIpc) is 2.19. The zero-order valence-corrected chi connectivity index (χ0v) is 5.02. The van der Waals surface area contributed by atoms with Crippen molar-refractivity contribution >= 4 is 11.3 Å². The van der Waals surface area contributed by atoms with Crippen molar-refractivity contribution < 1.29 is 10.4 Å². The Bertz CT molecular complexity index is 140. The van der Waals surface area contributed by atoms with E-state index in [1.54, 1.807) is 0 Å². The van der Waals surface area contributed by atoms with Crippen molar-refractivity contribution in [2.75, 3.05) is 0 Å². The molecule has 0 amide bonds. The largest absolute Gasteiger partial charge is 0.287 e. The minimum absolute atomic E-state index is 0.826. The van der Waals surface area contributed by atoms with E-state index in [0.717, 1.165) is 5.06 Å². The van der Waals surface area contributed by atoms with E-state index in [0.29, 0.717) is 0 Å². The third-order valence-corrected chi connectivity index (χ3v) is 1.44. The molecule has 0 saturated heterocycles. The van der Waals surface area contributed by atoms with Gasteiger partial charge < -0.3 is 0 Å². The molecule has 3 nitrogen and oxygen atoms in total. The maximum atomic E-state index is 4.98. The highest BCUT2D eigenvalue weighted by atomic mass is 32.1. The second-order valence-corrected chi connectivity index (χ2v) is 2.10. The van der Waals surface area contributed by atoms with Gasteiger partial charge in [-0.3, -0.25) is 4.84 Å². The quantitative estimate of drug-likeness (QED) is 0.419. The molecule has 0 saturated carbocycles. The summed E-state index contributed by atoms with van der Waals surface area (Å²) in [5.74, 6) is 4.98. The Morgan fingerprint density at radius 2 is 2.62 bits per heavy atom. The number of rotatable bonds is 2. The fourth-order valence-corrected chi connectivity index (χ4v) is 0.957. The third kappa shape index (κ3) is 1.19. The van der Waals surface area contributed by atoms with Gasteiger partial charge in [-0.15, -0.1) is 17.2 Å². The highest BCUT2D eigenvalue weighted by molar-refractivity contribution is 7.11. The lowest BCUT2D eigenvalue weighted by molar-refractivity contribution is -0.867. The predicted molar refractivity (Wildman–Crippen MR) is 31.1 cm³/mol. The molecular weight excluding hydrogens is 124 g/mol. The van der Waals surface area contributed by atoms with Gasteiger partial charge in [0.2, 0.25) is 5.06 Å². The van der Waals surface area contributed by atoms with Crippen LogP contribution in [0.15, 0.2) is 17.5 Å². The van der Waals surface area contributed by atoms with Crippen molar-refractivity contribution in [2.24, 2.45) is 5.84 Å². The minimum Gasteiger partial charge on any atom is -0.287 e. The van der Waals surface area contributed by atoms with Gasteiger partial charge in [0, 0.05) is 0 Å². The Balaban J connectivity index is 2.50. The van der Waals surface area contributed by atoms with Gasteiger partial charge >= 0.3 is 0 Å². The number of hydrogen-bond acceptors (Lipinski definition) is 3. The summed E-state index contributed by atoms with van der Waals surface area (Å²) in [5.41, 5.74) is 1.17. The van der Waals surface area contributed by atoms with Gasteiger partial charge in [0.25, 0.3) is 0 Å². The molecule has 0 spiro atoms. The van der Waals surface area contributed by atoms with Gasteiger partial charge in [0.15, 0.2) is 0 Å². The van der Waals surface area contributed by atoms with Crippen molar-refractivity contribution in [3.05, 3.63) is 17.5 Å². The first kappa shape index (κ1) is 5.55. The van der Waals surface area contributed by atoms with Crippen molar-refractivity contribution in [3.8, 4) is 5.06 Å². The van der Waals surface area contributed by atoms with E-state index in [2.05, 4.69) is 0 Å². The van der Waals surface area contributed by atoms with Gasteiger partial charge in [-0.25, -0.2) is 0 Å². The van der Waals surface area contributed by atoms with Crippen LogP contribution in [-0.2, 0) is 0 Å². The molecule has 8 heavy (non-hydrogen) atoms. The van der Waals surface area contributed by atoms with Gasteiger partial charge in [0.05, 0.1) is 0 Å². The molecule has 1 heterocycles. The number of thiophene rings is 1. The third-order valence-electron chi connectivity index (χ3n) is 0.679. The van der Waals surface area contributed by atoms with Crippen LogP contribution in [0.4, 0.5) is 0 Å². The first-order chi connectivity index (χ1) is 3.93. The Hall–Kier alpha value is -0.580. The van der Waals surface area contributed by atoms with E-state index in [9.17, 15) is 0 Å². The van der Waals surface area contributed by atoms with Crippen LogP contribution in [0, 0.1) is 0 Å². The van der Waals surface area contributed by atoms with E-state index >= 15 is 0 Å². The highest BCUT2D eigenvalue weighted by Gasteiger charge is 1.90. The Morgan fingerprint density at radius 3 is 3.12 bits per heavy atom. The summed E-state index contributed by atoms with van der Waals surface area (Å²) in [7, 11) is 0. The van der Waals surface area contributed by atoms with E-state index in [1.165, 1.54) is 16.9 Å². The molecule has 0 aliphatic rings. The van der Waals surface area contributed by atoms with Crippen molar-refractivity contribution in [3.63, 3.8) is 0 Å². The lowest BCUT2D eigenvalue weighted by atomic mass is 10.7. The molecule has 0 aliphatic heterocycles. The van der Waals surface area contributed by atoms with Crippen LogP contribution in [0.3, 0.4) is 0 Å². The van der Waals surface area contributed by atoms with E-state index < -0.39 is 0 Å². The molecule has 4 N–H and O–H groups in total. The maximum Gasteiger partial charge on any atom is 0.246 e. The summed E-state index contributed by atoms with van der Waals surface area (Å²) in [5, 5.41) is 2.76. The predicted octanol–water partition coefficient (Wildman–Crippen LogP) is -0.521. The second-order valence-electron chi connectivity index (χ2n) is 1.19. The first-order valence-corrected chi connectivity index (χ1v) is 3.05. The molecule has 1 rings (SSSR count). The van der Waals surface area contributed by atoms with Crippen LogP contribution < -0.4 is 16.3 Å². The molecule has 0 atom stereocenters. The van der Waals surface area contributed by atoms with Crippen molar-refractivity contribution in [1.29, 1.82) is 0 Å². The summed E-state index contributed by atoms with van der Waals surface area (Å²) >= 11 is 1.51. The molecule has 0 radical (unpaired) electrons. The van der Waals surface area contributed by atoms with Gasteiger partial charge in [-0.05, 0) is 17.5 Å². The molecule has 1 aromatic heterocycles. The highest BCUT2D eigenvalue weighted by Crippen LogP contribution is 2.15. The molecule has 0 bridgehead atoms. The molecule has 0 aliphatic carbocycles. The van der Waals surface area contributed by atoms with Crippen molar-refractivity contribution in [1.82, 2.24) is 0 Å². The molecule has 1 aromatic rings. The van der Waals surface area contributed by atoms with Gasteiger partial charge in [-0.1, -0.05) is 5.59 Å². The molecule has 44 valence electrons. The average molecular weight is 131 g/mol. The smallest absolute Gasteiger partial charge is 0.246 e. The summed E-state index contributed by atoms with van der Waals surface area (Å²) < 4.78 is 0. The topological polar surface area (TPSA) is 51.9 Å². The van der Waals surface area contributed by atoms with Gasteiger partial charge in [-0.2, -0.15) is 0 Å². The van der Waals surface area contributed by atoms with Crippen LogP contribution in [-0.4, -0.2) is 0 Å². The summed E-state index contributed by atoms with van der Waals surface area (Å²) in [4.78, 5) is 4.82. The molecular formula is C4H7N2OS+. The number of nitrogens with two attached hydrogens (primary N) is 2. The fourth-order valence-electron chi connectivity index (χ4n) is 0.398. The van der Waals surface area contributed by atoms with Crippen molar-refractivity contribution in [2.45, 2.75) is 0 Å². The van der Waals surface area contributed by atoms with E-state index in [1.807, 2.05) is 17.5 Å². The molecule has 0 unspecified atom stereocenters. The van der Waals surface area contributed by atoms with Crippen LogP contribution in [0.2, 0.25) is 0 Å². The molecule has 0 fully saturated rings. The number of hydrogen-bond donors (Lipinski definition) is 2. The monoisotopic (exact) mass is 131 g/mol. The lowest BCUT2D eigenvalue weighted by Gasteiger charge is -1.88. The SMILES string of the molecule is N[NH2+]Oc1cccs1. The van der Waals surface area contributed by atoms with Crippen LogP contribution >= 0.6 is 11.3 Å². The minimum atomic E-state index is 0.826. The normalized spacial score (nSPS) is 9.12. The zero-order chi connectivity index (χ0) is 5.82. The summed E-state index contributed by atoms with van der Waals surface area (Å²) in [6.07, 6.45) is 0. The Labute approximate surface area is 51.0 Å². The standard InChI is InChI=1S/C4H6N2OS/c5-6-7-4-2-1-3-8-4/h1-3,6H,5H2/p+1. The lowest BCUT2D eigenvalue weighted by Crippen LogP contribution is -2.93. The summed E-state index contributed by atoms with van der Waals surface area (Å²) in [6, 6.07) is 3.76.